The molecule has 1 N–H and O–H groups in total. The zero-order valence-corrected chi connectivity index (χ0v) is 16.8. The third-order valence-electron chi connectivity index (χ3n) is 4.79. The summed E-state index contributed by atoms with van der Waals surface area (Å²) in [5.74, 6) is -0.264. The number of nitrogens with one attached hydrogen (secondary N) is 1. The predicted molar refractivity (Wildman–Crippen MR) is 108 cm³/mol. The number of morpholine rings is 1. The predicted octanol–water partition coefficient (Wildman–Crippen LogP) is 2.46. The highest BCUT2D eigenvalue weighted by molar-refractivity contribution is 7.89. The van der Waals surface area contributed by atoms with Crippen molar-refractivity contribution in [1.82, 2.24) is 9.62 Å². The smallest absolute Gasteiger partial charge is 0.251 e. The summed E-state index contributed by atoms with van der Waals surface area (Å²) >= 11 is 0. The first-order valence-electron chi connectivity index (χ1n) is 9.49. The van der Waals surface area contributed by atoms with Crippen LogP contribution >= 0.6 is 0 Å². The third-order valence-corrected chi connectivity index (χ3v) is 6.69. The minimum Gasteiger partial charge on any atom is -0.379 e. The Morgan fingerprint density at radius 3 is 2.54 bits per heavy atom. The third kappa shape index (κ3) is 5.19. The van der Waals surface area contributed by atoms with Crippen molar-refractivity contribution < 1.29 is 17.9 Å². The molecule has 0 spiro atoms. The Labute approximate surface area is 166 Å². The lowest BCUT2D eigenvalue weighted by atomic mass is 10.1. The molecule has 1 fully saturated rings. The zero-order valence-electron chi connectivity index (χ0n) is 16.0. The zero-order chi connectivity index (χ0) is 20.0. The molecule has 0 aromatic heterocycles. The minimum atomic E-state index is -3.62. The van der Waals surface area contributed by atoms with E-state index in [0.717, 1.165) is 12.8 Å². The molecule has 28 heavy (non-hydrogen) atoms. The van der Waals surface area contributed by atoms with Crippen LogP contribution in [-0.2, 0) is 21.2 Å². The van der Waals surface area contributed by atoms with Gasteiger partial charge in [0, 0.05) is 24.7 Å². The van der Waals surface area contributed by atoms with Crippen molar-refractivity contribution in [2.75, 3.05) is 26.3 Å². The van der Waals surface area contributed by atoms with E-state index >= 15 is 0 Å². The van der Waals surface area contributed by atoms with Gasteiger partial charge in [-0.15, -0.1) is 0 Å². The summed E-state index contributed by atoms with van der Waals surface area (Å²) in [6.45, 7) is 3.39. The van der Waals surface area contributed by atoms with E-state index < -0.39 is 10.0 Å². The van der Waals surface area contributed by atoms with Crippen LogP contribution in [0, 0.1) is 0 Å². The Morgan fingerprint density at radius 1 is 1.11 bits per heavy atom. The average Bonchev–Trinajstić information content (AvgIpc) is 2.73. The van der Waals surface area contributed by atoms with Crippen LogP contribution in [0.4, 0.5) is 0 Å². The van der Waals surface area contributed by atoms with E-state index in [0.29, 0.717) is 31.9 Å². The number of aryl methyl sites for hydroxylation is 1. The molecule has 0 bridgehead atoms. The molecule has 1 heterocycles. The van der Waals surface area contributed by atoms with Crippen molar-refractivity contribution in [3.8, 4) is 0 Å². The molecule has 1 saturated heterocycles. The molecule has 0 aliphatic carbocycles. The monoisotopic (exact) mass is 402 g/mol. The van der Waals surface area contributed by atoms with Gasteiger partial charge >= 0.3 is 0 Å². The molecule has 0 saturated carbocycles. The van der Waals surface area contributed by atoms with Crippen LogP contribution in [0.2, 0.25) is 0 Å². The summed E-state index contributed by atoms with van der Waals surface area (Å²) in [5.41, 5.74) is 1.57. The van der Waals surface area contributed by atoms with Crippen molar-refractivity contribution >= 4 is 15.9 Å². The van der Waals surface area contributed by atoms with Gasteiger partial charge in [0.1, 0.15) is 0 Å². The van der Waals surface area contributed by atoms with Gasteiger partial charge in [-0.3, -0.25) is 4.79 Å². The molecule has 1 amide bonds. The van der Waals surface area contributed by atoms with Gasteiger partial charge in [-0.1, -0.05) is 36.4 Å². The van der Waals surface area contributed by atoms with Crippen LogP contribution in [0.15, 0.2) is 59.5 Å². The molecule has 6 nitrogen and oxygen atoms in total. The van der Waals surface area contributed by atoms with Crippen LogP contribution in [-0.4, -0.2) is 51.0 Å². The Hall–Kier alpha value is -2.22. The topological polar surface area (TPSA) is 75.7 Å². The van der Waals surface area contributed by atoms with Crippen molar-refractivity contribution in [2.24, 2.45) is 0 Å². The normalized spacial score (nSPS) is 16.5. The van der Waals surface area contributed by atoms with E-state index in [1.807, 2.05) is 25.1 Å². The van der Waals surface area contributed by atoms with E-state index in [2.05, 4.69) is 17.4 Å². The molecule has 1 aliphatic rings. The van der Waals surface area contributed by atoms with E-state index in [1.165, 1.54) is 22.0 Å². The van der Waals surface area contributed by atoms with Crippen LogP contribution < -0.4 is 5.32 Å². The van der Waals surface area contributed by atoms with Gasteiger partial charge < -0.3 is 10.1 Å². The fraction of sp³-hybridized carbons (Fsp3) is 0.381. The molecule has 2 aromatic rings. The molecule has 0 radical (unpaired) electrons. The van der Waals surface area contributed by atoms with Crippen molar-refractivity contribution in [3.63, 3.8) is 0 Å². The second-order valence-corrected chi connectivity index (χ2v) is 8.88. The fourth-order valence-electron chi connectivity index (χ4n) is 3.14. The lowest BCUT2D eigenvalue weighted by molar-refractivity contribution is 0.0730. The van der Waals surface area contributed by atoms with E-state index in [4.69, 9.17) is 4.74 Å². The molecule has 3 rings (SSSR count). The largest absolute Gasteiger partial charge is 0.379 e. The van der Waals surface area contributed by atoms with Crippen LogP contribution in [0.5, 0.6) is 0 Å². The Morgan fingerprint density at radius 2 is 1.82 bits per heavy atom. The van der Waals surface area contributed by atoms with Crippen molar-refractivity contribution in [1.29, 1.82) is 0 Å². The standard InChI is InChI=1S/C21H26N2O4S/c1-17(10-11-18-6-3-2-4-7-18)22-21(24)19-8-5-9-20(16-19)28(25,26)23-12-14-27-15-13-23/h2-9,16-17H,10-15H2,1H3,(H,22,24)/t17-/m1/s1. The van der Waals surface area contributed by atoms with Crippen LogP contribution in [0.25, 0.3) is 0 Å². The summed E-state index contributed by atoms with van der Waals surface area (Å²) in [6, 6.07) is 16.3. The quantitative estimate of drug-likeness (QED) is 0.772. The highest BCUT2D eigenvalue weighted by atomic mass is 32.2. The first kappa shape index (κ1) is 20.5. The first-order chi connectivity index (χ1) is 13.5. The van der Waals surface area contributed by atoms with Crippen LogP contribution in [0.3, 0.4) is 0 Å². The van der Waals surface area contributed by atoms with E-state index in [1.54, 1.807) is 12.1 Å². The number of hydrogen-bond acceptors (Lipinski definition) is 4. The highest BCUT2D eigenvalue weighted by Gasteiger charge is 2.27. The average molecular weight is 403 g/mol. The van der Waals surface area contributed by atoms with Gasteiger partial charge in [-0.05, 0) is 43.5 Å². The number of amides is 1. The van der Waals surface area contributed by atoms with Crippen molar-refractivity contribution in [2.45, 2.75) is 30.7 Å². The molecular weight excluding hydrogens is 376 g/mol. The highest BCUT2D eigenvalue weighted by Crippen LogP contribution is 2.18. The van der Waals surface area contributed by atoms with Crippen LogP contribution in [0.1, 0.15) is 29.3 Å². The molecule has 1 aliphatic heterocycles. The number of benzene rings is 2. The fourth-order valence-corrected chi connectivity index (χ4v) is 4.60. The first-order valence-corrected chi connectivity index (χ1v) is 10.9. The maximum absolute atomic E-state index is 12.8. The summed E-state index contributed by atoms with van der Waals surface area (Å²) in [4.78, 5) is 12.7. The molecular formula is C21H26N2O4S. The van der Waals surface area contributed by atoms with Gasteiger partial charge in [-0.2, -0.15) is 4.31 Å². The van der Waals surface area contributed by atoms with E-state index in [9.17, 15) is 13.2 Å². The summed E-state index contributed by atoms with van der Waals surface area (Å²) < 4.78 is 32.2. The number of ether oxygens (including phenoxy) is 1. The lowest BCUT2D eigenvalue weighted by Crippen LogP contribution is -2.40. The molecule has 2 aromatic carbocycles. The number of rotatable bonds is 7. The Balaban J connectivity index is 1.63. The Kier molecular flexibility index (Phi) is 6.83. The Bertz CT molecular complexity index is 894. The summed E-state index contributed by atoms with van der Waals surface area (Å²) in [5, 5.41) is 2.96. The second-order valence-electron chi connectivity index (χ2n) is 6.94. The van der Waals surface area contributed by atoms with Gasteiger partial charge in [0.25, 0.3) is 5.91 Å². The van der Waals surface area contributed by atoms with Gasteiger partial charge in [0.2, 0.25) is 10.0 Å². The number of hydrogen-bond donors (Lipinski definition) is 1. The number of carbonyl (C=O) groups excluding carboxylic acids is 1. The maximum Gasteiger partial charge on any atom is 0.251 e. The molecule has 150 valence electrons. The maximum atomic E-state index is 12.8. The number of nitrogens with zero attached hydrogens (tertiary/aromatic N) is 1. The SMILES string of the molecule is C[C@H](CCc1ccccc1)NC(=O)c1cccc(S(=O)(=O)N2CCOCC2)c1. The van der Waals surface area contributed by atoms with E-state index in [-0.39, 0.29) is 16.8 Å². The van der Waals surface area contributed by atoms with Gasteiger partial charge in [0.15, 0.2) is 0 Å². The minimum absolute atomic E-state index is 0.0211. The number of carbonyl (C=O) groups is 1. The van der Waals surface area contributed by atoms with Gasteiger partial charge in [-0.25, -0.2) is 8.42 Å². The summed E-state index contributed by atoms with van der Waals surface area (Å²) in [6.07, 6.45) is 1.68. The van der Waals surface area contributed by atoms with Gasteiger partial charge in [0.05, 0.1) is 18.1 Å². The summed E-state index contributed by atoms with van der Waals surface area (Å²) in [7, 11) is -3.62. The molecule has 7 heteroatoms. The molecule has 1 atom stereocenters. The number of sulfonamides is 1. The lowest BCUT2D eigenvalue weighted by Gasteiger charge is -2.26. The second kappa shape index (κ2) is 9.32. The molecule has 0 unspecified atom stereocenters. The van der Waals surface area contributed by atoms with Crippen molar-refractivity contribution in [3.05, 3.63) is 65.7 Å².